The van der Waals surface area contributed by atoms with E-state index in [1.807, 2.05) is 19.9 Å². The maximum absolute atomic E-state index is 4.39. The fourth-order valence-corrected chi connectivity index (χ4v) is 2.84. The van der Waals surface area contributed by atoms with Crippen molar-refractivity contribution in [3.8, 4) is 0 Å². The molecule has 1 N–H and O–H groups in total. The molecule has 112 valence electrons. The minimum absolute atomic E-state index is 0.800. The Morgan fingerprint density at radius 2 is 2.05 bits per heavy atom. The average Bonchev–Trinajstić information content (AvgIpc) is 2.67. The van der Waals surface area contributed by atoms with Crippen LogP contribution in [0, 0.1) is 13.8 Å². The van der Waals surface area contributed by atoms with E-state index in [0.29, 0.717) is 0 Å². The van der Waals surface area contributed by atoms with Crippen LogP contribution < -0.4 is 5.32 Å². The Kier molecular flexibility index (Phi) is 4.13. The molecule has 0 unspecified atom stereocenters. The fourth-order valence-electron chi connectivity index (χ4n) is 2.84. The Balaban J connectivity index is 1.62. The van der Waals surface area contributed by atoms with Crippen LogP contribution >= 0.6 is 0 Å². The number of fused-ring (bicyclic) bond motifs is 1. The van der Waals surface area contributed by atoms with Crippen molar-refractivity contribution >= 4 is 5.82 Å². The average molecular weight is 286 g/mol. The van der Waals surface area contributed by atoms with Gasteiger partial charge in [0.1, 0.15) is 23.3 Å². The van der Waals surface area contributed by atoms with E-state index in [4.69, 9.17) is 0 Å². The number of anilines is 1. The standard InChI is InChI=1S/C15H22N6/c1-11-10-13(18-12(2)17-11)16-8-7-15-20-19-14-6-4-3-5-9-21(14)15/h10H,3-9H2,1-2H3,(H,16,17,18). The van der Waals surface area contributed by atoms with E-state index in [1.165, 1.54) is 19.3 Å². The van der Waals surface area contributed by atoms with E-state index in [-0.39, 0.29) is 0 Å². The van der Waals surface area contributed by atoms with Crippen LogP contribution in [0.3, 0.4) is 0 Å². The summed E-state index contributed by atoms with van der Waals surface area (Å²) >= 11 is 0. The lowest BCUT2D eigenvalue weighted by Crippen LogP contribution is -2.12. The monoisotopic (exact) mass is 286 g/mol. The molecule has 2 aromatic rings. The van der Waals surface area contributed by atoms with E-state index >= 15 is 0 Å². The van der Waals surface area contributed by atoms with E-state index in [1.54, 1.807) is 0 Å². The van der Waals surface area contributed by atoms with E-state index in [9.17, 15) is 0 Å². The molecule has 1 aliphatic rings. The van der Waals surface area contributed by atoms with Crippen LogP contribution in [0.25, 0.3) is 0 Å². The Labute approximate surface area is 125 Å². The smallest absolute Gasteiger partial charge is 0.134 e. The molecule has 6 nitrogen and oxygen atoms in total. The molecule has 0 atom stereocenters. The van der Waals surface area contributed by atoms with Gasteiger partial charge in [-0.3, -0.25) is 0 Å². The Morgan fingerprint density at radius 1 is 1.14 bits per heavy atom. The highest BCUT2D eigenvalue weighted by Gasteiger charge is 2.14. The molecule has 3 heterocycles. The van der Waals surface area contributed by atoms with Crippen LogP contribution in [0.1, 0.15) is 42.4 Å². The third kappa shape index (κ3) is 3.37. The molecule has 0 saturated heterocycles. The van der Waals surface area contributed by atoms with Gasteiger partial charge in [0.15, 0.2) is 0 Å². The topological polar surface area (TPSA) is 68.5 Å². The minimum Gasteiger partial charge on any atom is -0.370 e. The third-order valence-electron chi connectivity index (χ3n) is 3.81. The Bertz CT molecular complexity index is 598. The van der Waals surface area contributed by atoms with E-state index in [2.05, 4.69) is 30.0 Å². The molecule has 2 aromatic heterocycles. The van der Waals surface area contributed by atoms with Crippen molar-refractivity contribution in [2.45, 2.75) is 52.5 Å². The van der Waals surface area contributed by atoms with Crippen LogP contribution in [0.2, 0.25) is 0 Å². The largest absolute Gasteiger partial charge is 0.370 e. The Morgan fingerprint density at radius 3 is 2.90 bits per heavy atom. The van der Waals surface area contributed by atoms with Gasteiger partial charge in [-0.05, 0) is 26.7 Å². The molecule has 0 bridgehead atoms. The van der Waals surface area contributed by atoms with Gasteiger partial charge >= 0.3 is 0 Å². The highest BCUT2D eigenvalue weighted by Crippen LogP contribution is 2.15. The highest BCUT2D eigenvalue weighted by atomic mass is 15.3. The summed E-state index contributed by atoms with van der Waals surface area (Å²) < 4.78 is 2.30. The normalized spacial score (nSPS) is 14.6. The molecule has 0 aromatic carbocycles. The third-order valence-corrected chi connectivity index (χ3v) is 3.81. The van der Waals surface area contributed by atoms with Crippen molar-refractivity contribution in [3.63, 3.8) is 0 Å². The summed E-state index contributed by atoms with van der Waals surface area (Å²) in [5.74, 6) is 3.92. The number of aryl methyl sites for hydroxylation is 3. The summed E-state index contributed by atoms with van der Waals surface area (Å²) in [6.45, 7) is 5.77. The van der Waals surface area contributed by atoms with Crippen molar-refractivity contribution in [2.24, 2.45) is 0 Å². The van der Waals surface area contributed by atoms with Gasteiger partial charge < -0.3 is 9.88 Å². The van der Waals surface area contributed by atoms with Crippen molar-refractivity contribution in [1.82, 2.24) is 24.7 Å². The zero-order chi connectivity index (χ0) is 14.7. The van der Waals surface area contributed by atoms with Gasteiger partial charge in [0.25, 0.3) is 0 Å². The molecule has 3 rings (SSSR count). The summed E-state index contributed by atoms with van der Waals surface area (Å²) in [5.41, 5.74) is 0.987. The lowest BCUT2D eigenvalue weighted by atomic mass is 10.2. The molecule has 0 saturated carbocycles. The SMILES string of the molecule is Cc1cc(NCCc2nnc3n2CCCCC3)nc(C)n1. The summed E-state index contributed by atoms with van der Waals surface area (Å²) in [6.07, 6.45) is 5.69. The van der Waals surface area contributed by atoms with Crippen LogP contribution in [0.5, 0.6) is 0 Å². The predicted octanol–water partition coefficient (Wildman–Crippen LogP) is 2.07. The molecule has 0 amide bonds. The second-order valence-corrected chi connectivity index (χ2v) is 5.61. The van der Waals surface area contributed by atoms with E-state index < -0.39 is 0 Å². The first-order valence-electron chi connectivity index (χ1n) is 7.69. The molecule has 0 fully saturated rings. The lowest BCUT2D eigenvalue weighted by molar-refractivity contribution is 0.606. The lowest BCUT2D eigenvalue weighted by Gasteiger charge is -2.09. The highest BCUT2D eigenvalue weighted by molar-refractivity contribution is 5.35. The van der Waals surface area contributed by atoms with Gasteiger partial charge in [-0.25, -0.2) is 9.97 Å². The molecule has 0 spiro atoms. The summed E-state index contributed by atoms with van der Waals surface area (Å²) in [6, 6.07) is 1.97. The summed E-state index contributed by atoms with van der Waals surface area (Å²) in [4.78, 5) is 8.67. The van der Waals surface area contributed by atoms with Crippen LogP contribution in [-0.2, 0) is 19.4 Å². The number of nitrogens with zero attached hydrogens (tertiary/aromatic N) is 5. The minimum atomic E-state index is 0.800. The molecular formula is C15H22N6. The van der Waals surface area contributed by atoms with Crippen molar-refractivity contribution in [3.05, 3.63) is 29.2 Å². The van der Waals surface area contributed by atoms with E-state index in [0.717, 1.165) is 54.9 Å². The first kappa shape index (κ1) is 14.0. The first-order chi connectivity index (χ1) is 10.2. The molecule has 21 heavy (non-hydrogen) atoms. The summed E-state index contributed by atoms with van der Waals surface area (Å²) in [5, 5.41) is 12.0. The van der Waals surface area contributed by atoms with Crippen LogP contribution in [0.4, 0.5) is 5.82 Å². The second-order valence-electron chi connectivity index (χ2n) is 5.61. The van der Waals surface area contributed by atoms with Gasteiger partial charge in [-0.2, -0.15) is 0 Å². The summed E-state index contributed by atoms with van der Waals surface area (Å²) in [7, 11) is 0. The molecule has 0 aliphatic carbocycles. The van der Waals surface area contributed by atoms with Crippen molar-refractivity contribution in [1.29, 1.82) is 0 Å². The maximum Gasteiger partial charge on any atom is 0.134 e. The fraction of sp³-hybridized carbons (Fsp3) is 0.600. The number of hydrogen-bond donors (Lipinski definition) is 1. The quantitative estimate of drug-likeness (QED) is 0.931. The van der Waals surface area contributed by atoms with Crippen molar-refractivity contribution < 1.29 is 0 Å². The van der Waals surface area contributed by atoms with Gasteiger partial charge in [0.2, 0.25) is 0 Å². The second kappa shape index (κ2) is 6.20. The molecule has 0 radical (unpaired) electrons. The molecule has 6 heteroatoms. The predicted molar refractivity (Wildman–Crippen MR) is 81.3 cm³/mol. The number of aromatic nitrogens is 5. The Hall–Kier alpha value is -1.98. The first-order valence-corrected chi connectivity index (χ1v) is 7.69. The maximum atomic E-state index is 4.39. The van der Waals surface area contributed by atoms with Crippen LogP contribution in [0.15, 0.2) is 6.07 Å². The van der Waals surface area contributed by atoms with Gasteiger partial charge in [0.05, 0.1) is 0 Å². The zero-order valence-electron chi connectivity index (χ0n) is 12.8. The molecule has 1 aliphatic heterocycles. The van der Waals surface area contributed by atoms with Gasteiger partial charge in [0, 0.05) is 37.7 Å². The van der Waals surface area contributed by atoms with Crippen molar-refractivity contribution in [2.75, 3.05) is 11.9 Å². The molecular weight excluding hydrogens is 264 g/mol. The van der Waals surface area contributed by atoms with Gasteiger partial charge in [-0.15, -0.1) is 10.2 Å². The number of rotatable bonds is 4. The zero-order valence-corrected chi connectivity index (χ0v) is 12.8. The number of nitrogens with one attached hydrogen (secondary N) is 1. The number of hydrogen-bond acceptors (Lipinski definition) is 5. The van der Waals surface area contributed by atoms with Crippen LogP contribution in [-0.4, -0.2) is 31.3 Å². The van der Waals surface area contributed by atoms with Gasteiger partial charge in [-0.1, -0.05) is 6.42 Å².